The third kappa shape index (κ3) is 2.76. The van der Waals surface area contributed by atoms with Gasteiger partial charge in [-0.15, -0.1) is 0 Å². The number of allylic oxidation sites excluding steroid dienone is 2. The Morgan fingerprint density at radius 1 is 1.65 bits per heavy atom. The van der Waals surface area contributed by atoms with E-state index >= 15 is 0 Å². The van der Waals surface area contributed by atoms with Crippen molar-refractivity contribution in [1.82, 2.24) is 14.9 Å². The standard InChI is InChI=1S/C11H14N4OS/c1-8-10(16)15(11(17)14-13-8)12-7-9-5-3-2-4-6-9/h2-3,7,9H,4-6H2,1H3,(H,14,17)/b12-7-/t9-/m1/s1. The van der Waals surface area contributed by atoms with Gasteiger partial charge in [-0.2, -0.15) is 14.9 Å². The zero-order valence-corrected chi connectivity index (χ0v) is 10.4. The van der Waals surface area contributed by atoms with E-state index in [0.717, 1.165) is 19.3 Å². The lowest BCUT2D eigenvalue weighted by molar-refractivity contribution is 0.617. The summed E-state index contributed by atoms with van der Waals surface area (Å²) in [6.45, 7) is 1.63. The largest absolute Gasteiger partial charge is 0.296 e. The number of hydrogen-bond donors (Lipinski definition) is 1. The van der Waals surface area contributed by atoms with Gasteiger partial charge in [-0.3, -0.25) is 9.89 Å². The van der Waals surface area contributed by atoms with Gasteiger partial charge < -0.3 is 0 Å². The molecule has 0 bridgehead atoms. The molecule has 1 heterocycles. The second kappa shape index (κ2) is 5.18. The third-order valence-electron chi connectivity index (χ3n) is 2.72. The number of nitrogens with one attached hydrogen (secondary N) is 1. The van der Waals surface area contributed by atoms with E-state index in [0.29, 0.717) is 11.6 Å². The maximum Gasteiger partial charge on any atom is 0.296 e. The van der Waals surface area contributed by atoms with E-state index in [1.165, 1.54) is 4.68 Å². The molecule has 1 N–H and O–H groups in total. The summed E-state index contributed by atoms with van der Waals surface area (Å²) in [6, 6.07) is 0. The molecule has 1 aromatic heterocycles. The van der Waals surface area contributed by atoms with Crippen LogP contribution >= 0.6 is 12.2 Å². The highest BCUT2D eigenvalue weighted by Crippen LogP contribution is 2.15. The molecule has 1 aromatic rings. The lowest BCUT2D eigenvalue weighted by atomic mass is 9.96. The van der Waals surface area contributed by atoms with Gasteiger partial charge in [-0.05, 0) is 44.3 Å². The molecule has 5 nitrogen and oxygen atoms in total. The fourth-order valence-electron chi connectivity index (χ4n) is 1.69. The summed E-state index contributed by atoms with van der Waals surface area (Å²) < 4.78 is 1.42. The lowest BCUT2D eigenvalue weighted by Crippen LogP contribution is -2.23. The first-order valence-electron chi connectivity index (χ1n) is 5.56. The molecule has 0 unspecified atom stereocenters. The molecule has 1 aliphatic rings. The van der Waals surface area contributed by atoms with Crippen molar-refractivity contribution in [3.8, 4) is 0 Å². The molecule has 1 aliphatic carbocycles. The van der Waals surface area contributed by atoms with E-state index in [1.807, 2.05) is 0 Å². The van der Waals surface area contributed by atoms with Crippen LogP contribution in [0.3, 0.4) is 0 Å². The topological polar surface area (TPSA) is 63.0 Å². The molecule has 0 amide bonds. The normalized spacial score (nSPS) is 19.9. The molecule has 0 radical (unpaired) electrons. The van der Waals surface area contributed by atoms with Crippen molar-refractivity contribution in [3.05, 3.63) is 33.0 Å². The first-order chi connectivity index (χ1) is 8.18. The molecule has 0 aliphatic heterocycles. The highest BCUT2D eigenvalue weighted by atomic mass is 32.1. The van der Waals surface area contributed by atoms with Crippen molar-refractivity contribution in [2.24, 2.45) is 11.0 Å². The average molecular weight is 250 g/mol. The molecule has 17 heavy (non-hydrogen) atoms. The zero-order chi connectivity index (χ0) is 12.3. The van der Waals surface area contributed by atoms with Gasteiger partial charge in [0.15, 0.2) is 0 Å². The third-order valence-corrected chi connectivity index (χ3v) is 2.98. The highest BCUT2D eigenvalue weighted by Gasteiger charge is 2.07. The number of aryl methyl sites for hydroxylation is 1. The molecule has 90 valence electrons. The van der Waals surface area contributed by atoms with Gasteiger partial charge in [0.25, 0.3) is 5.56 Å². The molecule has 2 rings (SSSR count). The molecular weight excluding hydrogens is 236 g/mol. The monoisotopic (exact) mass is 250 g/mol. The summed E-state index contributed by atoms with van der Waals surface area (Å²) in [5, 5.41) is 10.5. The van der Waals surface area contributed by atoms with E-state index in [-0.39, 0.29) is 10.3 Å². The minimum absolute atomic E-state index is 0.225. The highest BCUT2D eigenvalue weighted by molar-refractivity contribution is 7.71. The van der Waals surface area contributed by atoms with Crippen molar-refractivity contribution in [2.45, 2.75) is 26.2 Å². The van der Waals surface area contributed by atoms with Crippen molar-refractivity contribution in [1.29, 1.82) is 0 Å². The van der Waals surface area contributed by atoms with Crippen LogP contribution in [-0.2, 0) is 0 Å². The summed E-state index contributed by atoms with van der Waals surface area (Å²) in [4.78, 5) is 11.7. The summed E-state index contributed by atoms with van der Waals surface area (Å²) in [5.41, 5.74) is 0.0932. The Bertz CT molecular complexity index is 570. The van der Waals surface area contributed by atoms with Crippen LogP contribution in [-0.4, -0.2) is 21.1 Å². The van der Waals surface area contributed by atoms with Crippen molar-refractivity contribution in [3.63, 3.8) is 0 Å². The molecular formula is C11H14N4OS. The average Bonchev–Trinajstić information content (AvgIpc) is 2.35. The number of hydrogen-bond acceptors (Lipinski definition) is 4. The quantitative estimate of drug-likeness (QED) is 0.494. The van der Waals surface area contributed by atoms with Gasteiger partial charge in [0.2, 0.25) is 4.77 Å². The van der Waals surface area contributed by atoms with Crippen LogP contribution in [0.2, 0.25) is 0 Å². The molecule has 0 saturated heterocycles. The van der Waals surface area contributed by atoms with Crippen LogP contribution in [0.15, 0.2) is 22.0 Å². The minimum atomic E-state index is -0.267. The van der Waals surface area contributed by atoms with Crippen molar-refractivity contribution in [2.75, 3.05) is 0 Å². The summed E-state index contributed by atoms with van der Waals surface area (Å²) in [5.74, 6) is 0.384. The number of aromatic nitrogens is 3. The first-order valence-corrected chi connectivity index (χ1v) is 5.97. The Hall–Kier alpha value is -1.56. The first kappa shape index (κ1) is 11.9. The van der Waals surface area contributed by atoms with E-state index in [9.17, 15) is 4.79 Å². The van der Waals surface area contributed by atoms with Crippen LogP contribution < -0.4 is 5.56 Å². The smallest absolute Gasteiger partial charge is 0.265 e. The second-order valence-electron chi connectivity index (χ2n) is 4.04. The van der Waals surface area contributed by atoms with Crippen LogP contribution in [0.1, 0.15) is 25.0 Å². The zero-order valence-electron chi connectivity index (χ0n) is 9.59. The maximum absolute atomic E-state index is 11.7. The number of nitrogens with zero attached hydrogens (tertiary/aromatic N) is 3. The van der Waals surface area contributed by atoms with Gasteiger partial charge in [0, 0.05) is 6.21 Å². The minimum Gasteiger partial charge on any atom is -0.265 e. The Morgan fingerprint density at radius 3 is 3.18 bits per heavy atom. The van der Waals surface area contributed by atoms with E-state index in [1.54, 1.807) is 13.1 Å². The predicted octanol–water partition coefficient (Wildman–Crippen LogP) is 1.80. The predicted molar refractivity (Wildman–Crippen MR) is 68.8 cm³/mol. The van der Waals surface area contributed by atoms with Crippen LogP contribution in [0.4, 0.5) is 0 Å². The Morgan fingerprint density at radius 2 is 2.47 bits per heavy atom. The van der Waals surface area contributed by atoms with Crippen LogP contribution in [0.25, 0.3) is 0 Å². The van der Waals surface area contributed by atoms with Gasteiger partial charge in [-0.1, -0.05) is 12.2 Å². The van der Waals surface area contributed by atoms with E-state index in [2.05, 4.69) is 27.5 Å². The Kier molecular flexibility index (Phi) is 3.63. The van der Waals surface area contributed by atoms with Gasteiger partial charge in [-0.25, -0.2) is 0 Å². The second-order valence-corrected chi connectivity index (χ2v) is 4.43. The van der Waals surface area contributed by atoms with Gasteiger partial charge in [0.1, 0.15) is 5.69 Å². The van der Waals surface area contributed by atoms with Gasteiger partial charge in [0.05, 0.1) is 0 Å². The molecule has 6 heteroatoms. The Labute approximate surface area is 104 Å². The Balaban J connectivity index is 2.27. The fourth-order valence-corrected chi connectivity index (χ4v) is 1.87. The summed E-state index contributed by atoms with van der Waals surface area (Å²) in [6.07, 6.45) is 9.21. The molecule has 1 atom stereocenters. The number of rotatable bonds is 2. The SMILES string of the molecule is Cc1n[nH]c(=S)n(/N=C\[C@@H]2CC=CCC2)c1=O. The van der Waals surface area contributed by atoms with Crippen LogP contribution in [0, 0.1) is 17.6 Å². The van der Waals surface area contributed by atoms with Crippen molar-refractivity contribution >= 4 is 18.4 Å². The van der Waals surface area contributed by atoms with Crippen LogP contribution in [0.5, 0.6) is 0 Å². The fraction of sp³-hybridized carbons (Fsp3) is 0.455. The molecule has 0 aromatic carbocycles. The van der Waals surface area contributed by atoms with E-state index in [4.69, 9.17) is 12.2 Å². The van der Waals surface area contributed by atoms with E-state index < -0.39 is 0 Å². The molecule has 0 spiro atoms. The summed E-state index contributed by atoms with van der Waals surface area (Å²) >= 11 is 4.98. The maximum atomic E-state index is 11.7. The van der Waals surface area contributed by atoms with Gasteiger partial charge >= 0.3 is 0 Å². The van der Waals surface area contributed by atoms with Crippen molar-refractivity contribution < 1.29 is 0 Å². The molecule has 0 fully saturated rings. The lowest BCUT2D eigenvalue weighted by Gasteiger charge is -2.11. The number of H-pyrrole nitrogens is 1. The summed E-state index contributed by atoms with van der Waals surface area (Å²) in [7, 11) is 0. The number of aromatic amines is 1. The molecule has 0 saturated carbocycles.